The summed E-state index contributed by atoms with van der Waals surface area (Å²) in [6.45, 7) is 15.8. The summed E-state index contributed by atoms with van der Waals surface area (Å²) in [4.78, 5) is 38.8. The number of benzene rings is 2. The van der Waals surface area contributed by atoms with Crippen LogP contribution in [0.5, 0.6) is 17.2 Å². The first-order valence-electron chi connectivity index (χ1n) is 19.4. The fourth-order valence-electron chi connectivity index (χ4n) is 12.2. The van der Waals surface area contributed by atoms with Crippen molar-refractivity contribution >= 4 is 17.5 Å². The molecule has 0 bridgehead atoms. The summed E-state index contributed by atoms with van der Waals surface area (Å²) in [5, 5.41) is 30.9. The normalized spacial score (nSPS) is 38.3. The van der Waals surface area contributed by atoms with Gasteiger partial charge in [-0.15, -0.1) is 0 Å². The number of aromatic hydroxyl groups is 1. The molecule has 0 aromatic heterocycles. The molecule has 2 aromatic rings. The highest BCUT2D eigenvalue weighted by Gasteiger charge is 2.70. The molecule has 9 unspecified atom stereocenters. The standard InChI is InChI=1S/C30H46O4.C15H14O4/c1-25(2)21-8-11-30(7)23(28(21,5)10-9-22(25)32)20(31)16-18-19-17-27(4,24(33)34)13-12-26(19,3)14-15-29(18,30)6;1-18-11-8-12(16)14(13(9-11)19-2)15(17)10-6-4-3-5-7-10/h16,19,21-23,32H,8-15,17H2,1-7H3,(H,33,34);3-9,16H,1-2H3. The summed E-state index contributed by atoms with van der Waals surface area (Å²) in [5.41, 5.74) is 0.763. The predicted octanol–water partition coefficient (Wildman–Crippen LogP) is 9.05. The molecule has 9 atom stereocenters. The Labute approximate surface area is 315 Å². The first-order chi connectivity index (χ1) is 24.7. The van der Waals surface area contributed by atoms with Crippen LogP contribution in [0.15, 0.2) is 54.1 Å². The van der Waals surface area contributed by atoms with Crippen LogP contribution in [0.3, 0.4) is 0 Å². The molecule has 3 N–H and O–H groups in total. The van der Waals surface area contributed by atoms with E-state index in [2.05, 4.69) is 41.5 Å². The number of hydrogen-bond donors (Lipinski definition) is 3. The van der Waals surface area contributed by atoms with Gasteiger partial charge in [0.05, 0.1) is 25.7 Å². The Morgan fingerprint density at radius 2 is 1.49 bits per heavy atom. The summed E-state index contributed by atoms with van der Waals surface area (Å²) in [6, 6.07) is 11.7. The molecule has 8 heteroatoms. The van der Waals surface area contributed by atoms with Gasteiger partial charge in [-0.3, -0.25) is 14.4 Å². The molecule has 4 fully saturated rings. The van der Waals surface area contributed by atoms with Gasteiger partial charge in [-0.05, 0) is 110 Å². The molecule has 0 heterocycles. The molecule has 5 aliphatic rings. The Morgan fingerprint density at radius 3 is 2.11 bits per heavy atom. The first-order valence-corrected chi connectivity index (χ1v) is 19.4. The van der Waals surface area contributed by atoms with Crippen LogP contribution in [-0.2, 0) is 9.59 Å². The number of aliphatic carboxylic acids is 1. The van der Waals surface area contributed by atoms with Gasteiger partial charge in [0.1, 0.15) is 22.8 Å². The van der Waals surface area contributed by atoms with Gasteiger partial charge in [-0.1, -0.05) is 77.4 Å². The van der Waals surface area contributed by atoms with Crippen LogP contribution in [-0.4, -0.2) is 53.2 Å². The van der Waals surface area contributed by atoms with E-state index in [9.17, 15) is 29.7 Å². The summed E-state index contributed by atoms with van der Waals surface area (Å²) in [5.74, 6) is 0.317. The lowest BCUT2D eigenvalue weighted by Crippen LogP contribution is -2.66. The number of carboxylic acids is 1. The fourth-order valence-corrected chi connectivity index (χ4v) is 12.2. The van der Waals surface area contributed by atoms with Crippen LogP contribution in [0.2, 0.25) is 0 Å². The van der Waals surface area contributed by atoms with Gasteiger partial charge in [0.25, 0.3) is 0 Å². The number of aliphatic hydroxyl groups is 1. The Balaban J connectivity index is 0.000000214. The number of carbonyl (C=O) groups is 3. The van der Waals surface area contributed by atoms with Crippen molar-refractivity contribution in [1.29, 1.82) is 0 Å². The number of hydrogen-bond acceptors (Lipinski definition) is 7. The van der Waals surface area contributed by atoms with E-state index in [0.29, 0.717) is 23.7 Å². The Morgan fingerprint density at radius 1 is 0.830 bits per heavy atom. The number of ether oxygens (including phenoxy) is 2. The molecule has 53 heavy (non-hydrogen) atoms. The summed E-state index contributed by atoms with van der Waals surface area (Å²) in [7, 11) is 2.92. The molecule has 4 saturated carbocycles. The molecule has 0 aliphatic heterocycles. The minimum Gasteiger partial charge on any atom is -0.507 e. The van der Waals surface area contributed by atoms with Gasteiger partial charge < -0.3 is 24.8 Å². The molecule has 0 amide bonds. The lowest BCUT2D eigenvalue weighted by molar-refractivity contribution is -0.202. The highest BCUT2D eigenvalue weighted by molar-refractivity contribution is 6.12. The van der Waals surface area contributed by atoms with Gasteiger partial charge >= 0.3 is 5.97 Å². The van der Waals surface area contributed by atoms with E-state index in [0.717, 1.165) is 51.4 Å². The van der Waals surface area contributed by atoms with Crippen molar-refractivity contribution in [2.24, 2.45) is 50.2 Å². The van der Waals surface area contributed by atoms with Crippen molar-refractivity contribution in [3.05, 3.63) is 65.2 Å². The van der Waals surface area contributed by atoms with Crippen molar-refractivity contribution in [2.45, 2.75) is 112 Å². The second-order valence-corrected chi connectivity index (χ2v) is 18.9. The van der Waals surface area contributed by atoms with Gasteiger partial charge in [0.15, 0.2) is 5.78 Å². The molecule has 0 radical (unpaired) electrons. The number of phenols is 1. The zero-order chi connectivity index (χ0) is 38.9. The van der Waals surface area contributed by atoms with E-state index in [-0.39, 0.29) is 73.6 Å². The number of allylic oxidation sites excluding steroid dienone is 2. The number of methoxy groups -OCH3 is 2. The molecule has 288 valence electrons. The third-order valence-electron chi connectivity index (χ3n) is 15.8. The van der Waals surface area contributed by atoms with Gasteiger partial charge in [-0.2, -0.15) is 0 Å². The van der Waals surface area contributed by atoms with Crippen LogP contribution in [0, 0.1) is 50.2 Å². The van der Waals surface area contributed by atoms with Gasteiger partial charge in [0, 0.05) is 23.6 Å². The topological polar surface area (TPSA) is 130 Å². The van der Waals surface area contributed by atoms with Crippen molar-refractivity contribution in [3.8, 4) is 17.2 Å². The number of fused-ring (bicyclic) bond motifs is 7. The smallest absolute Gasteiger partial charge is 0.309 e. The number of aliphatic hydroxyl groups excluding tert-OH is 1. The third kappa shape index (κ3) is 5.93. The van der Waals surface area contributed by atoms with E-state index in [4.69, 9.17) is 9.47 Å². The van der Waals surface area contributed by atoms with E-state index in [1.54, 1.807) is 30.3 Å². The molecule has 5 aliphatic carbocycles. The van der Waals surface area contributed by atoms with Gasteiger partial charge in [0.2, 0.25) is 5.78 Å². The van der Waals surface area contributed by atoms with E-state index in [1.165, 1.54) is 25.9 Å². The van der Waals surface area contributed by atoms with E-state index < -0.39 is 11.4 Å². The number of carboxylic acid groups (broad SMARTS) is 1. The van der Waals surface area contributed by atoms with Crippen molar-refractivity contribution < 1.29 is 39.2 Å². The molecule has 8 nitrogen and oxygen atoms in total. The number of rotatable bonds is 5. The molecular formula is C45H60O8. The second-order valence-electron chi connectivity index (χ2n) is 18.9. The summed E-state index contributed by atoms with van der Waals surface area (Å²) in [6.07, 6.45) is 9.95. The maximum atomic E-state index is 14.2. The first kappa shape index (κ1) is 39.1. The van der Waals surface area contributed by atoms with Crippen LogP contribution in [0.4, 0.5) is 0 Å². The van der Waals surface area contributed by atoms with Crippen molar-refractivity contribution in [3.63, 3.8) is 0 Å². The minimum atomic E-state index is -0.711. The fraction of sp³-hybridized carbons (Fsp3) is 0.622. The van der Waals surface area contributed by atoms with Crippen LogP contribution in [0.25, 0.3) is 0 Å². The highest BCUT2D eigenvalue weighted by atomic mass is 16.5. The minimum absolute atomic E-state index is 0.0296. The second kappa shape index (κ2) is 13.3. The maximum absolute atomic E-state index is 14.2. The number of carbonyl (C=O) groups excluding carboxylic acids is 2. The Bertz CT molecular complexity index is 1810. The largest absolute Gasteiger partial charge is 0.507 e. The molecule has 2 aromatic carbocycles. The van der Waals surface area contributed by atoms with E-state index >= 15 is 0 Å². The number of ketones is 2. The lowest BCUT2D eigenvalue weighted by atomic mass is 9.33. The van der Waals surface area contributed by atoms with Gasteiger partial charge in [-0.25, -0.2) is 0 Å². The third-order valence-corrected chi connectivity index (χ3v) is 15.8. The monoisotopic (exact) mass is 728 g/mol. The number of phenolic OH excluding ortho intramolecular Hbond substituents is 1. The average molecular weight is 729 g/mol. The van der Waals surface area contributed by atoms with Crippen molar-refractivity contribution in [1.82, 2.24) is 0 Å². The van der Waals surface area contributed by atoms with Crippen LogP contribution >= 0.6 is 0 Å². The maximum Gasteiger partial charge on any atom is 0.309 e. The summed E-state index contributed by atoms with van der Waals surface area (Å²) >= 11 is 0. The molecule has 0 saturated heterocycles. The Hall–Kier alpha value is -3.65. The molecule has 0 spiro atoms. The highest BCUT2D eigenvalue weighted by Crippen LogP contribution is 2.75. The molecular weight excluding hydrogens is 668 g/mol. The van der Waals surface area contributed by atoms with E-state index in [1.807, 2.05) is 19.1 Å². The average Bonchev–Trinajstić information content (AvgIpc) is 3.11. The zero-order valence-corrected chi connectivity index (χ0v) is 33.2. The van der Waals surface area contributed by atoms with Crippen molar-refractivity contribution in [2.75, 3.05) is 14.2 Å². The van der Waals surface area contributed by atoms with Crippen LogP contribution < -0.4 is 9.47 Å². The SMILES string of the molecule is CC1(C(=O)O)CCC2(C)CCC3(C)C(=CC(=O)C4C5(C)CCC(O)C(C)(C)C5CCC43C)C2C1.COc1cc(O)c(C(=O)c2ccccc2)c(OC)c1. The quantitative estimate of drug-likeness (QED) is 0.260. The predicted molar refractivity (Wildman–Crippen MR) is 204 cm³/mol. The summed E-state index contributed by atoms with van der Waals surface area (Å²) < 4.78 is 10.2. The van der Waals surface area contributed by atoms with Crippen LogP contribution in [0.1, 0.15) is 122 Å². The lowest BCUT2D eigenvalue weighted by Gasteiger charge is -2.70. The zero-order valence-electron chi connectivity index (χ0n) is 33.2. The molecule has 7 rings (SSSR count). The Kier molecular flexibility index (Phi) is 9.79.